The molecule has 5 nitrogen and oxygen atoms in total. The predicted octanol–water partition coefficient (Wildman–Crippen LogP) is 1.20. The van der Waals surface area contributed by atoms with Crippen molar-refractivity contribution in [2.24, 2.45) is 0 Å². The van der Waals surface area contributed by atoms with Crippen LogP contribution in [-0.2, 0) is 4.74 Å². The monoisotopic (exact) mass is 274 g/mol. The Morgan fingerprint density at radius 2 is 2.20 bits per heavy atom. The third kappa shape index (κ3) is 3.73. The Hall–Kier alpha value is -2.03. The van der Waals surface area contributed by atoms with Gasteiger partial charge >= 0.3 is 6.03 Å². The van der Waals surface area contributed by atoms with Crippen LogP contribution in [0.1, 0.15) is 11.1 Å². The van der Waals surface area contributed by atoms with E-state index in [2.05, 4.69) is 17.2 Å². The number of aliphatic hydroxyl groups is 1. The minimum Gasteiger partial charge on any atom is -0.384 e. The quantitative estimate of drug-likeness (QED) is 0.757. The third-order valence-corrected chi connectivity index (χ3v) is 3.08. The maximum Gasteiger partial charge on any atom is 0.321 e. The van der Waals surface area contributed by atoms with Gasteiger partial charge in [0.05, 0.1) is 13.2 Å². The molecule has 0 unspecified atom stereocenters. The van der Waals surface area contributed by atoms with E-state index in [0.29, 0.717) is 26.3 Å². The molecular weight excluding hydrogens is 256 g/mol. The molecule has 20 heavy (non-hydrogen) atoms. The molecule has 0 aliphatic carbocycles. The Kier molecular flexibility index (Phi) is 4.99. The summed E-state index contributed by atoms with van der Waals surface area (Å²) in [5, 5.41) is 11.6. The smallest absolute Gasteiger partial charge is 0.321 e. The molecule has 2 rings (SSSR count). The van der Waals surface area contributed by atoms with Crippen LogP contribution in [0.15, 0.2) is 18.2 Å². The van der Waals surface area contributed by atoms with Crippen LogP contribution in [0, 0.1) is 18.8 Å². The number of hydrogen-bond acceptors (Lipinski definition) is 3. The van der Waals surface area contributed by atoms with Crippen molar-refractivity contribution in [2.75, 3.05) is 38.2 Å². The maximum atomic E-state index is 12.0. The molecule has 2 N–H and O–H groups in total. The van der Waals surface area contributed by atoms with Gasteiger partial charge in [0.25, 0.3) is 0 Å². The van der Waals surface area contributed by atoms with Gasteiger partial charge in [0.1, 0.15) is 6.61 Å². The Morgan fingerprint density at radius 3 is 2.85 bits per heavy atom. The fourth-order valence-electron chi connectivity index (χ4n) is 1.99. The summed E-state index contributed by atoms with van der Waals surface area (Å²) in [4.78, 5) is 13.8. The van der Waals surface area contributed by atoms with Crippen LogP contribution in [0.2, 0.25) is 0 Å². The number of morpholine rings is 1. The molecule has 1 heterocycles. The lowest BCUT2D eigenvalue weighted by atomic mass is 10.1. The lowest BCUT2D eigenvalue weighted by molar-refractivity contribution is 0.0564. The SMILES string of the molecule is Cc1cc(NC(=O)N2CCOCC2)ccc1C#CCO. The van der Waals surface area contributed by atoms with Gasteiger partial charge in [0.2, 0.25) is 0 Å². The van der Waals surface area contributed by atoms with Crippen LogP contribution in [0.4, 0.5) is 10.5 Å². The number of amides is 2. The highest BCUT2D eigenvalue weighted by Gasteiger charge is 2.16. The van der Waals surface area contributed by atoms with Gasteiger partial charge in [-0.25, -0.2) is 4.79 Å². The zero-order valence-corrected chi connectivity index (χ0v) is 11.5. The highest BCUT2D eigenvalue weighted by atomic mass is 16.5. The van der Waals surface area contributed by atoms with E-state index in [0.717, 1.165) is 16.8 Å². The zero-order valence-electron chi connectivity index (χ0n) is 11.5. The van der Waals surface area contributed by atoms with E-state index in [4.69, 9.17) is 9.84 Å². The summed E-state index contributed by atoms with van der Waals surface area (Å²) in [5.74, 6) is 5.48. The number of hydrogen-bond donors (Lipinski definition) is 2. The van der Waals surface area contributed by atoms with Crippen molar-refractivity contribution in [1.29, 1.82) is 0 Å². The Bertz CT molecular complexity index is 540. The number of rotatable bonds is 1. The van der Waals surface area contributed by atoms with E-state index in [1.165, 1.54) is 0 Å². The highest BCUT2D eigenvalue weighted by Crippen LogP contribution is 2.15. The second kappa shape index (κ2) is 6.94. The number of aliphatic hydroxyl groups excluding tert-OH is 1. The molecule has 1 aliphatic rings. The van der Waals surface area contributed by atoms with Gasteiger partial charge in [-0.1, -0.05) is 11.8 Å². The summed E-state index contributed by atoms with van der Waals surface area (Å²) in [5.41, 5.74) is 2.56. The Labute approximate surface area is 118 Å². The minimum absolute atomic E-state index is 0.109. The summed E-state index contributed by atoms with van der Waals surface area (Å²) >= 11 is 0. The largest absolute Gasteiger partial charge is 0.384 e. The number of carbonyl (C=O) groups is 1. The number of nitrogens with zero attached hydrogens (tertiary/aromatic N) is 1. The van der Waals surface area contributed by atoms with E-state index in [9.17, 15) is 4.79 Å². The second-order valence-corrected chi connectivity index (χ2v) is 4.52. The molecule has 5 heteroatoms. The van der Waals surface area contributed by atoms with Gasteiger partial charge in [0, 0.05) is 24.3 Å². The van der Waals surface area contributed by atoms with Gasteiger partial charge in [-0.2, -0.15) is 0 Å². The van der Waals surface area contributed by atoms with Crippen molar-refractivity contribution in [3.05, 3.63) is 29.3 Å². The number of carbonyl (C=O) groups excluding carboxylic acids is 1. The lowest BCUT2D eigenvalue weighted by Crippen LogP contribution is -2.43. The first kappa shape index (κ1) is 14.4. The fraction of sp³-hybridized carbons (Fsp3) is 0.400. The fourth-order valence-corrected chi connectivity index (χ4v) is 1.99. The summed E-state index contributed by atoms with van der Waals surface area (Å²) < 4.78 is 5.22. The van der Waals surface area contributed by atoms with Crippen molar-refractivity contribution in [3.63, 3.8) is 0 Å². The van der Waals surface area contributed by atoms with Gasteiger partial charge in [0.15, 0.2) is 0 Å². The standard InChI is InChI=1S/C15H18N2O3/c1-12-11-14(5-4-13(12)3-2-8-18)16-15(19)17-6-9-20-10-7-17/h4-5,11,18H,6-10H2,1H3,(H,16,19). The number of anilines is 1. The number of urea groups is 1. The molecule has 0 saturated carbocycles. The summed E-state index contributed by atoms with van der Waals surface area (Å²) in [6.45, 7) is 4.17. The first-order valence-corrected chi connectivity index (χ1v) is 6.55. The summed E-state index contributed by atoms with van der Waals surface area (Å²) in [6, 6.07) is 5.42. The lowest BCUT2D eigenvalue weighted by Gasteiger charge is -2.27. The van der Waals surface area contributed by atoms with E-state index < -0.39 is 0 Å². The molecule has 1 aromatic carbocycles. The second-order valence-electron chi connectivity index (χ2n) is 4.52. The van der Waals surface area contributed by atoms with Crippen molar-refractivity contribution < 1.29 is 14.6 Å². The molecule has 1 fully saturated rings. The normalized spacial score (nSPS) is 14.4. The van der Waals surface area contributed by atoms with Gasteiger partial charge < -0.3 is 20.1 Å². The molecule has 0 atom stereocenters. The van der Waals surface area contributed by atoms with Crippen molar-refractivity contribution in [3.8, 4) is 11.8 Å². The first-order chi connectivity index (χ1) is 9.70. The minimum atomic E-state index is -0.158. The molecule has 106 valence electrons. The van der Waals surface area contributed by atoms with Crippen LogP contribution in [0.3, 0.4) is 0 Å². The average molecular weight is 274 g/mol. The Balaban J connectivity index is 2.02. The zero-order chi connectivity index (χ0) is 14.4. The van der Waals surface area contributed by atoms with Crippen LogP contribution in [-0.4, -0.2) is 48.9 Å². The maximum absolute atomic E-state index is 12.0. The van der Waals surface area contributed by atoms with Crippen molar-refractivity contribution >= 4 is 11.7 Å². The molecule has 0 aromatic heterocycles. The highest BCUT2D eigenvalue weighted by molar-refractivity contribution is 5.89. The van der Waals surface area contributed by atoms with Gasteiger partial charge in [-0.3, -0.25) is 0 Å². The van der Waals surface area contributed by atoms with Gasteiger partial charge in [-0.15, -0.1) is 0 Å². The molecule has 2 amide bonds. The van der Waals surface area contributed by atoms with Gasteiger partial charge in [-0.05, 0) is 30.7 Å². The number of nitrogens with one attached hydrogen (secondary N) is 1. The Morgan fingerprint density at radius 1 is 1.45 bits per heavy atom. The van der Waals surface area contributed by atoms with E-state index >= 15 is 0 Å². The van der Waals surface area contributed by atoms with Crippen LogP contribution >= 0.6 is 0 Å². The van der Waals surface area contributed by atoms with Crippen LogP contribution in [0.5, 0.6) is 0 Å². The molecule has 0 radical (unpaired) electrons. The van der Waals surface area contributed by atoms with Crippen molar-refractivity contribution in [1.82, 2.24) is 4.90 Å². The molecule has 0 bridgehead atoms. The molecule has 0 spiro atoms. The number of aryl methyl sites for hydroxylation is 1. The average Bonchev–Trinajstić information content (AvgIpc) is 2.47. The van der Waals surface area contributed by atoms with E-state index in [-0.39, 0.29) is 12.6 Å². The van der Waals surface area contributed by atoms with E-state index in [1.807, 2.05) is 25.1 Å². The topological polar surface area (TPSA) is 61.8 Å². The van der Waals surface area contributed by atoms with Crippen LogP contribution < -0.4 is 5.32 Å². The number of ether oxygens (including phenoxy) is 1. The number of benzene rings is 1. The van der Waals surface area contributed by atoms with Crippen LogP contribution in [0.25, 0.3) is 0 Å². The summed E-state index contributed by atoms with van der Waals surface area (Å²) in [6.07, 6.45) is 0. The van der Waals surface area contributed by atoms with E-state index in [1.54, 1.807) is 4.90 Å². The molecular formula is C15H18N2O3. The summed E-state index contributed by atoms with van der Waals surface area (Å²) in [7, 11) is 0. The first-order valence-electron chi connectivity index (χ1n) is 6.55. The molecule has 1 saturated heterocycles. The molecule has 1 aliphatic heterocycles. The molecule has 1 aromatic rings. The van der Waals surface area contributed by atoms with Crippen molar-refractivity contribution in [2.45, 2.75) is 6.92 Å². The predicted molar refractivity (Wildman–Crippen MR) is 76.6 cm³/mol. The third-order valence-electron chi connectivity index (χ3n) is 3.08.